The summed E-state index contributed by atoms with van der Waals surface area (Å²) in [6, 6.07) is 13.4. The Balaban J connectivity index is 1.87. The summed E-state index contributed by atoms with van der Waals surface area (Å²) in [4.78, 5) is 25.5. The zero-order chi connectivity index (χ0) is 22.8. The normalized spacial score (nSPS) is 11.5. The van der Waals surface area contributed by atoms with Crippen molar-refractivity contribution in [1.82, 2.24) is 14.1 Å². The van der Waals surface area contributed by atoms with E-state index >= 15 is 0 Å². The van der Waals surface area contributed by atoms with Crippen LogP contribution in [-0.2, 0) is 21.4 Å². The maximum Gasteiger partial charge on any atom is 0.276 e. The predicted molar refractivity (Wildman–Crippen MR) is 120 cm³/mol. The Morgan fingerprint density at radius 2 is 1.84 bits per heavy atom. The first-order valence-corrected chi connectivity index (χ1v) is 11.1. The van der Waals surface area contributed by atoms with Gasteiger partial charge in [-0.05, 0) is 30.2 Å². The van der Waals surface area contributed by atoms with Gasteiger partial charge in [0.2, 0.25) is 15.9 Å². The van der Waals surface area contributed by atoms with Crippen LogP contribution in [0, 0.1) is 6.92 Å². The summed E-state index contributed by atoms with van der Waals surface area (Å²) in [5, 5.41) is 6.75. The van der Waals surface area contributed by atoms with Crippen molar-refractivity contribution in [2.24, 2.45) is 0 Å². The van der Waals surface area contributed by atoms with E-state index in [1.165, 1.54) is 26.4 Å². The molecule has 1 aromatic heterocycles. The molecule has 0 fully saturated rings. The quantitative estimate of drug-likeness (QED) is 0.609. The van der Waals surface area contributed by atoms with Crippen molar-refractivity contribution in [2.75, 3.05) is 19.4 Å². The Morgan fingerprint density at radius 3 is 2.48 bits per heavy atom. The van der Waals surface area contributed by atoms with Crippen molar-refractivity contribution in [3.8, 4) is 11.1 Å². The van der Waals surface area contributed by atoms with Crippen LogP contribution in [-0.4, -0.2) is 42.5 Å². The zero-order valence-corrected chi connectivity index (χ0v) is 18.7. The van der Waals surface area contributed by atoms with Crippen LogP contribution in [0.5, 0.6) is 0 Å². The van der Waals surface area contributed by atoms with E-state index in [0.29, 0.717) is 16.8 Å². The number of sulfonamides is 1. The van der Waals surface area contributed by atoms with Gasteiger partial charge in [0, 0.05) is 19.8 Å². The summed E-state index contributed by atoms with van der Waals surface area (Å²) in [7, 11) is -0.806. The molecule has 0 aliphatic heterocycles. The lowest BCUT2D eigenvalue weighted by atomic mass is 10.1. The Hall–Kier alpha value is -3.01. The third-order valence-corrected chi connectivity index (χ3v) is 6.83. The van der Waals surface area contributed by atoms with E-state index in [-0.39, 0.29) is 22.0 Å². The number of carbonyl (C=O) groups excluding carboxylic acids is 1. The molecular weight excluding hydrogens is 440 g/mol. The molecular formula is C21H21ClN4O4S. The van der Waals surface area contributed by atoms with Gasteiger partial charge < -0.3 is 5.32 Å². The SMILES string of the molecule is Cc1ccc(NC(=O)Cn2ncc(Cl)c(-c3ccccc3)c2=O)cc1S(=O)(=O)N(C)C. The number of rotatable bonds is 6. The number of benzene rings is 2. The Labute approximate surface area is 185 Å². The molecule has 10 heteroatoms. The maximum atomic E-state index is 12.8. The molecule has 0 atom stereocenters. The second kappa shape index (κ2) is 9.01. The van der Waals surface area contributed by atoms with E-state index in [4.69, 9.17) is 11.6 Å². The highest BCUT2D eigenvalue weighted by molar-refractivity contribution is 7.89. The number of amides is 1. The van der Waals surface area contributed by atoms with Crippen molar-refractivity contribution in [3.05, 3.63) is 75.7 Å². The maximum absolute atomic E-state index is 12.8. The van der Waals surface area contributed by atoms with Gasteiger partial charge in [-0.2, -0.15) is 5.10 Å². The van der Waals surface area contributed by atoms with Crippen LogP contribution >= 0.6 is 11.6 Å². The molecule has 0 radical (unpaired) electrons. The minimum Gasteiger partial charge on any atom is -0.324 e. The average Bonchev–Trinajstić information content (AvgIpc) is 2.72. The fourth-order valence-corrected chi connectivity index (χ4v) is 4.31. The minimum absolute atomic E-state index is 0.0865. The third kappa shape index (κ3) is 4.84. The molecule has 1 N–H and O–H groups in total. The van der Waals surface area contributed by atoms with E-state index in [1.807, 2.05) is 6.07 Å². The van der Waals surface area contributed by atoms with Crippen LogP contribution in [0.15, 0.2) is 64.4 Å². The fourth-order valence-electron chi connectivity index (χ4n) is 2.94. The highest BCUT2D eigenvalue weighted by Gasteiger charge is 2.21. The van der Waals surface area contributed by atoms with Gasteiger partial charge in [-0.3, -0.25) is 9.59 Å². The van der Waals surface area contributed by atoms with Gasteiger partial charge in [-0.25, -0.2) is 17.4 Å². The van der Waals surface area contributed by atoms with Gasteiger partial charge in [0.25, 0.3) is 5.56 Å². The van der Waals surface area contributed by atoms with Gasteiger partial charge in [0.05, 0.1) is 21.7 Å². The second-order valence-corrected chi connectivity index (χ2v) is 9.54. The number of aryl methyl sites for hydroxylation is 1. The van der Waals surface area contributed by atoms with Gasteiger partial charge >= 0.3 is 0 Å². The standard InChI is InChI=1S/C21H21ClN4O4S/c1-14-9-10-16(11-18(14)31(29,30)25(2)3)24-19(27)13-26-21(28)20(17(22)12-23-26)15-7-5-4-6-8-15/h4-12H,13H2,1-3H3,(H,24,27). The molecule has 1 amide bonds. The summed E-state index contributed by atoms with van der Waals surface area (Å²) in [5.74, 6) is -0.534. The van der Waals surface area contributed by atoms with Crippen molar-refractivity contribution in [1.29, 1.82) is 0 Å². The lowest BCUT2D eigenvalue weighted by Gasteiger charge is -2.15. The number of nitrogens with zero attached hydrogens (tertiary/aromatic N) is 3. The molecule has 8 nitrogen and oxygen atoms in total. The van der Waals surface area contributed by atoms with Gasteiger partial charge in [0.15, 0.2) is 0 Å². The monoisotopic (exact) mass is 460 g/mol. The lowest BCUT2D eigenvalue weighted by molar-refractivity contribution is -0.117. The predicted octanol–water partition coefficient (Wildman–Crippen LogP) is 2.76. The molecule has 0 aliphatic carbocycles. The Morgan fingerprint density at radius 1 is 1.16 bits per heavy atom. The van der Waals surface area contributed by atoms with Crippen LogP contribution < -0.4 is 10.9 Å². The van der Waals surface area contributed by atoms with E-state index in [0.717, 1.165) is 8.99 Å². The zero-order valence-electron chi connectivity index (χ0n) is 17.2. The van der Waals surface area contributed by atoms with E-state index in [9.17, 15) is 18.0 Å². The van der Waals surface area contributed by atoms with E-state index in [2.05, 4.69) is 10.4 Å². The number of hydrogen-bond donors (Lipinski definition) is 1. The Bertz CT molecular complexity index is 1290. The number of anilines is 1. The summed E-state index contributed by atoms with van der Waals surface area (Å²) in [6.45, 7) is 1.31. The topological polar surface area (TPSA) is 101 Å². The summed E-state index contributed by atoms with van der Waals surface area (Å²) in [5.41, 5.74) is 1.20. The lowest BCUT2D eigenvalue weighted by Crippen LogP contribution is -2.30. The van der Waals surface area contributed by atoms with Gasteiger partial charge in [0.1, 0.15) is 6.54 Å². The van der Waals surface area contributed by atoms with E-state index in [1.54, 1.807) is 43.3 Å². The van der Waals surface area contributed by atoms with Crippen LogP contribution in [0.1, 0.15) is 5.56 Å². The largest absolute Gasteiger partial charge is 0.324 e. The Kier molecular flexibility index (Phi) is 6.59. The molecule has 3 aromatic rings. The summed E-state index contributed by atoms with van der Waals surface area (Å²) >= 11 is 6.17. The van der Waals surface area contributed by atoms with Gasteiger partial charge in [-0.15, -0.1) is 0 Å². The third-order valence-electron chi connectivity index (χ3n) is 4.58. The van der Waals surface area contributed by atoms with Crippen LogP contribution in [0.4, 0.5) is 5.69 Å². The first-order valence-electron chi connectivity index (χ1n) is 9.25. The highest BCUT2D eigenvalue weighted by atomic mass is 35.5. The number of halogens is 1. The first kappa shape index (κ1) is 22.7. The molecule has 2 aromatic carbocycles. The molecule has 0 saturated heterocycles. The number of nitrogens with one attached hydrogen (secondary N) is 1. The molecule has 1 heterocycles. The van der Waals surface area contributed by atoms with Crippen molar-refractivity contribution in [3.63, 3.8) is 0 Å². The summed E-state index contributed by atoms with van der Waals surface area (Å²) in [6.07, 6.45) is 1.31. The molecule has 3 rings (SSSR count). The van der Waals surface area contributed by atoms with Crippen LogP contribution in [0.2, 0.25) is 5.02 Å². The summed E-state index contributed by atoms with van der Waals surface area (Å²) < 4.78 is 27.1. The fraction of sp³-hybridized carbons (Fsp3) is 0.190. The minimum atomic E-state index is -3.67. The van der Waals surface area contributed by atoms with Crippen molar-refractivity contribution >= 4 is 33.2 Å². The molecule has 0 unspecified atom stereocenters. The molecule has 31 heavy (non-hydrogen) atoms. The van der Waals surface area contributed by atoms with Crippen LogP contribution in [0.25, 0.3) is 11.1 Å². The smallest absolute Gasteiger partial charge is 0.276 e. The average molecular weight is 461 g/mol. The van der Waals surface area contributed by atoms with Crippen LogP contribution in [0.3, 0.4) is 0 Å². The van der Waals surface area contributed by atoms with Gasteiger partial charge in [-0.1, -0.05) is 48.0 Å². The number of aromatic nitrogens is 2. The molecule has 162 valence electrons. The number of hydrogen-bond acceptors (Lipinski definition) is 5. The van der Waals surface area contributed by atoms with Crippen molar-refractivity contribution in [2.45, 2.75) is 18.4 Å². The van der Waals surface area contributed by atoms with Crippen molar-refractivity contribution < 1.29 is 13.2 Å². The first-order chi connectivity index (χ1) is 14.6. The molecule has 0 spiro atoms. The highest BCUT2D eigenvalue weighted by Crippen LogP contribution is 2.24. The molecule has 0 saturated carbocycles. The molecule has 0 aliphatic rings. The number of carbonyl (C=O) groups is 1. The second-order valence-electron chi connectivity index (χ2n) is 7.01. The van der Waals surface area contributed by atoms with E-state index < -0.39 is 21.5 Å². The molecule has 0 bridgehead atoms.